The summed E-state index contributed by atoms with van der Waals surface area (Å²) in [5.41, 5.74) is -14.9. The fourth-order valence-electron chi connectivity index (χ4n) is 8.77. The Bertz CT molecular complexity index is 5960. The van der Waals surface area contributed by atoms with Gasteiger partial charge in [0.2, 0.25) is 0 Å². The molecule has 1 aliphatic carbocycles. The highest BCUT2D eigenvalue weighted by molar-refractivity contribution is 6.26. The van der Waals surface area contributed by atoms with E-state index < -0.39 is 350 Å². The molecule has 0 saturated carbocycles. The SMILES string of the molecule is [2H]c1cc2c(c([2H])c1-c1c([2H])c([2H])c(-c3c([2H])c([2H])c4c([2H])c([2H])c5c([2H])c([2H])c([2H])c6c([2H])c([2H])c3c4c56)c([2H])c1[2H])C(c1c([2H])c([2H])c([2H])c([2H])c1[2H])(c1c([2H])c([2H])c([2H])c([2H])c1[2H])c1c([2H])c(-c3c([2H])c([2H])c4c([2H])c([2H])c5c([2H])c([2H])c([2H])c6c([2H])c([2H])c3c4c56)c([2H])c([2H])c1-2. The molecule has 0 atom stereocenters. The third-order valence-electron chi connectivity index (χ3n) is 11.5. The summed E-state index contributed by atoms with van der Waals surface area (Å²) in [4.78, 5) is 0. The van der Waals surface area contributed by atoms with Crippen molar-refractivity contribution >= 4 is 64.6 Å². The zero-order valence-corrected chi connectivity index (χ0v) is 31.6. The van der Waals surface area contributed by atoms with Crippen LogP contribution in [0, 0.1) is 0 Å². The standard InChI is InChI=1S/C63H38/c1-3-13-49(14-4-1)63(50-15-5-2-6-16-50)57-37-47(39-17-19-40(20-18-39)51-31-25-45-23-21-41-9-7-11-43-27-35-55(51)61(45)59(41)43)29-33-53(57)54-34-30-48(38-58(54)63)52-32-26-46-24-22-42-10-8-12-44-28-36-56(52)62(46)60(42)44/h1-38H/i1D,2D,3D,4D,5D,6D,7D,8D,9D,10D,11D,12D,13D,14D,15D,16D,17D,18D,19D,20D,21D,22D,23D,24D,25D,26D,27D,28D,29D,30D,31D,32D,34D,35D,36D,37D,38D. The number of benzene rings is 13. The van der Waals surface area contributed by atoms with Crippen LogP contribution in [0.5, 0.6) is 0 Å². The second-order valence-corrected chi connectivity index (χ2v) is 14.6. The van der Waals surface area contributed by atoms with E-state index in [0.29, 0.717) is 0 Å². The van der Waals surface area contributed by atoms with E-state index in [0.717, 1.165) is 6.07 Å². The predicted octanol–water partition coefficient (Wildman–Crippen LogP) is 16.8. The molecule has 0 saturated heterocycles. The molecular weight excluding hydrogens is 757 g/mol. The van der Waals surface area contributed by atoms with E-state index in [-0.39, 0.29) is 10.8 Å². The number of fused-ring (bicyclic) bond motifs is 3. The van der Waals surface area contributed by atoms with Gasteiger partial charge in [-0.3, -0.25) is 0 Å². The Kier molecular flexibility index (Phi) is 2.99. The van der Waals surface area contributed by atoms with E-state index in [2.05, 4.69) is 0 Å². The maximum atomic E-state index is 10.7. The van der Waals surface area contributed by atoms with Crippen LogP contribution in [0.1, 0.15) is 73.0 Å². The summed E-state index contributed by atoms with van der Waals surface area (Å²) < 4.78 is 348. The molecule has 0 spiro atoms. The second-order valence-electron chi connectivity index (χ2n) is 14.6. The first kappa shape index (κ1) is 14.5. The maximum Gasteiger partial charge on any atom is 0.0713 e. The largest absolute Gasteiger partial charge is 0.0713 e. The highest BCUT2D eigenvalue weighted by Gasteiger charge is 2.46. The fraction of sp³-hybridized carbons (Fsp3) is 0.0159. The minimum atomic E-state index is -3.49. The topological polar surface area (TPSA) is 0 Å². The van der Waals surface area contributed by atoms with Crippen molar-refractivity contribution in [1.82, 2.24) is 0 Å². The third kappa shape index (κ3) is 4.81. The molecule has 0 unspecified atom stereocenters. The molecule has 0 aromatic heterocycles. The molecule has 1 aliphatic rings. The van der Waals surface area contributed by atoms with Gasteiger partial charge in [-0.25, -0.2) is 0 Å². The van der Waals surface area contributed by atoms with Gasteiger partial charge in [0.05, 0.1) is 56.1 Å². The summed E-state index contributed by atoms with van der Waals surface area (Å²) in [6.45, 7) is 0. The highest BCUT2D eigenvalue weighted by atomic mass is 14.5. The molecule has 63 heavy (non-hydrogen) atoms. The average Bonchev–Trinajstić information content (AvgIpc) is 1.36. The molecule has 0 heteroatoms. The predicted molar refractivity (Wildman–Crippen MR) is 267 cm³/mol. The van der Waals surface area contributed by atoms with Crippen molar-refractivity contribution in [1.29, 1.82) is 0 Å². The first-order valence-corrected chi connectivity index (χ1v) is 19.1. The van der Waals surface area contributed by atoms with Crippen LogP contribution in [-0.4, -0.2) is 0 Å². The Balaban J connectivity index is 1.18. The van der Waals surface area contributed by atoms with Crippen molar-refractivity contribution in [2.45, 2.75) is 5.41 Å². The molecule has 0 fully saturated rings. The molecular formula is C63H38. The average molecular weight is 832 g/mol. The number of hydrogen-bond acceptors (Lipinski definition) is 0. The smallest absolute Gasteiger partial charge is 0.0622 e. The first-order valence-electron chi connectivity index (χ1n) is 37.6. The van der Waals surface area contributed by atoms with Crippen molar-refractivity contribution < 1.29 is 50.7 Å². The molecule has 0 amide bonds. The zero-order chi connectivity index (χ0) is 73.4. The van der Waals surface area contributed by atoms with Crippen molar-refractivity contribution in [3.63, 3.8) is 0 Å². The summed E-state index contributed by atoms with van der Waals surface area (Å²) in [5.74, 6) is 0. The molecule has 0 aliphatic heterocycles. The van der Waals surface area contributed by atoms with Gasteiger partial charge in [0.15, 0.2) is 0 Å². The molecule has 290 valence electrons. The van der Waals surface area contributed by atoms with Crippen molar-refractivity contribution in [2.24, 2.45) is 0 Å². The minimum Gasteiger partial charge on any atom is -0.0622 e. The highest BCUT2D eigenvalue weighted by Crippen LogP contribution is 2.58. The van der Waals surface area contributed by atoms with Crippen molar-refractivity contribution in [2.75, 3.05) is 0 Å². The van der Waals surface area contributed by atoms with Gasteiger partial charge < -0.3 is 0 Å². The van der Waals surface area contributed by atoms with Gasteiger partial charge in [0, 0.05) is 0 Å². The third-order valence-corrected chi connectivity index (χ3v) is 11.5. The summed E-state index contributed by atoms with van der Waals surface area (Å²) >= 11 is 0. The van der Waals surface area contributed by atoms with Gasteiger partial charge in [0.1, 0.15) is 0 Å². The van der Waals surface area contributed by atoms with Crippen LogP contribution in [0.4, 0.5) is 0 Å². The van der Waals surface area contributed by atoms with E-state index in [4.69, 9.17) is 16.4 Å². The van der Waals surface area contributed by atoms with Crippen molar-refractivity contribution in [3.8, 4) is 44.5 Å². The van der Waals surface area contributed by atoms with Gasteiger partial charge in [-0.2, -0.15) is 0 Å². The Hall–Kier alpha value is -8.06. The summed E-state index contributed by atoms with van der Waals surface area (Å²) in [5, 5.41) is -5.95. The number of hydrogen-bond donors (Lipinski definition) is 0. The van der Waals surface area contributed by atoms with Gasteiger partial charge in [-0.1, -0.05) is 218 Å². The molecule has 13 aromatic carbocycles. The quantitative estimate of drug-likeness (QED) is 0.152. The van der Waals surface area contributed by atoms with Gasteiger partial charge in [-0.05, 0) is 143 Å². The molecule has 14 rings (SSSR count). The van der Waals surface area contributed by atoms with Crippen LogP contribution in [0.15, 0.2) is 230 Å². The van der Waals surface area contributed by atoms with Gasteiger partial charge >= 0.3 is 0 Å². The molecule has 0 bridgehead atoms. The van der Waals surface area contributed by atoms with Crippen molar-refractivity contribution in [3.05, 3.63) is 252 Å². The van der Waals surface area contributed by atoms with Crippen LogP contribution < -0.4 is 0 Å². The molecule has 13 aromatic rings. The summed E-state index contributed by atoms with van der Waals surface area (Å²) in [7, 11) is 0. The normalized spacial score (nSPS) is 21.4. The lowest BCUT2D eigenvalue weighted by Gasteiger charge is -2.34. The lowest BCUT2D eigenvalue weighted by atomic mass is 9.67. The lowest BCUT2D eigenvalue weighted by molar-refractivity contribution is 0.769. The first-order chi connectivity index (χ1) is 46.7. The molecule has 0 radical (unpaired) electrons. The number of rotatable bonds is 5. The Morgan fingerprint density at radius 3 is 1.24 bits per heavy atom. The van der Waals surface area contributed by atoms with Crippen LogP contribution in [-0.2, 0) is 5.41 Å². The Morgan fingerprint density at radius 1 is 0.270 bits per heavy atom. The van der Waals surface area contributed by atoms with Crippen LogP contribution >= 0.6 is 0 Å². The molecule has 0 nitrogen and oxygen atoms in total. The molecule has 0 heterocycles. The van der Waals surface area contributed by atoms with Crippen LogP contribution in [0.3, 0.4) is 0 Å². The summed E-state index contributed by atoms with van der Waals surface area (Å²) in [6, 6.07) is -37.5. The van der Waals surface area contributed by atoms with E-state index >= 15 is 0 Å². The summed E-state index contributed by atoms with van der Waals surface area (Å²) in [6.07, 6.45) is 0. The maximum absolute atomic E-state index is 10.7. The second kappa shape index (κ2) is 13.0. The zero-order valence-electron chi connectivity index (χ0n) is 68.6. The Labute approximate surface area is 417 Å². The minimum absolute atomic E-state index is 0.336. The molecule has 0 N–H and O–H groups in total. The van der Waals surface area contributed by atoms with Gasteiger partial charge in [0.25, 0.3) is 0 Å². The van der Waals surface area contributed by atoms with Gasteiger partial charge in [-0.15, -0.1) is 0 Å². The monoisotopic (exact) mass is 832 g/mol. The van der Waals surface area contributed by atoms with E-state index in [1.807, 2.05) is 0 Å². The van der Waals surface area contributed by atoms with E-state index in [9.17, 15) is 34.3 Å². The van der Waals surface area contributed by atoms with E-state index in [1.165, 1.54) is 0 Å². The fourth-order valence-corrected chi connectivity index (χ4v) is 8.77. The lowest BCUT2D eigenvalue weighted by Crippen LogP contribution is -2.28. The van der Waals surface area contributed by atoms with Crippen LogP contribution in [0.25, 0.3) is 109 Å². The van der Waals surface area contributed by atoms with E-state index in [1.54, 1.807) is 0 Å². The van der Waals surface area contributed by atoms with Crippen LogP contribution in [0.2, 0.25) is 0 Å². The Morgan fingerprint density at radius 2 is 0.683 bits per heavy atom.